The van der Waals surface area contributed by atoms with Gasteiger partial charge in [0.2, 0.25) is 5.91 Å². The third kappa shape index (κ3) is 10.4. The first-order chi connectivity index (χ1) is 13.7. The Labute approximate surface area is 182 Å². The van der Waals surface area contributed by atoms with E-state index in [1.54, 1.807) is 0 Å². The van der Waals surface area contributed by atoms with Crippen molar-refractivity contribution in [2.24, 2.45) is 0 Å². The zero-order valence-corrected chi connectivity index (χ0v) is 18.7. The quantitative estimate of drug-likeness (QED) is 0.466. The van der Waals surface area contributed by atoms with Gasteiger partial charge in [-0.1, -0.05) is 75.8 Å². The van der Waals surface area contributed by atoms with E-state index in [-0.39, 0.29) is 24.4 Å². The molecule has 0 spiro atoms. The van der Waals surface area contributed by atoms with Crippen LogP contribution in [0.25, 0.3) is 0 Å². The topological polar surface area (TPSA) is 61.8 Å². The van der Waals surface area contributed by atoms with Crippen molar-refractivity contribution in [3.63, 3.8) is 0 Å². The molecule has 1 aliphatic heterocycles. The van der Waals surface area contributed by atoms with E-state index in [2.05, 4.69) is 17.1 Å². The number of halogens is 1. The van der Waals surface area contributed by atoms with Gasteiger partial charge in [-0.2, -0.15) is 0 Å². The van der Waals surface area contributed by atoms with Crippen LogP contribution in [-0.4, -0.2) is 54.8 Å². The molecule has 1 aromatic carbocycles. The molecule has 0 aromatic heterocycles. The summed E-state index contributed by atoms with van der Waals surface area (Å²) in [6.07, 6.45) is 8.19. The van der Waals surface area contributed by atoms with Crippen molar-refractivity contribution in [3.8, 4) is 0 Å². The Morgan fingerprint density at radius 3 is 2.34 bits per heavy atom. The van der Waals surface area contributed by atoms with E-state index in [0.717, 1.165) is 31.5 Å². The summed E-state index contributed by atoms with van der Waals surface area (Å²) >= 11 is 0. The van der Waals surface area contributed by atoms with E-state index in [4.69, 9.17) is 4.74 Å². The third-order valence-electron chi connectivity index (χ3n) is 5.43. The van der Waals surface area contributed by atoms with Crippen LogP contribution in [0.15, 0.2) is 30.3 Å². The molecule has 29 heavy (non-hydrogen) atoms. The number of hydrogen-bond donors (Lipinski definition) is 2. The highest BCUT2D eigenvalue weighted by atomic mass is 35.5. The predicted octanol–water partition coefficient (Wildman–Crippen LogP) is 4.10. The molecule has 1 heterocycles. The molecule has 1 amide bonds. The van der Waals surface area contributed by atoms with Crippen LogP contribution in [0, 0.1) is 0 Å². The highest BCUT2D eigenvalue weighted by molar-refractivity contribution is 5.85. The number of amides is 1. The van der Waals surface area contributed by atoms with Gasteiger partial charge in [0.15, 0.2) is 0 Å². The second kappa shape index (κ2) is 15.7. The molecule has 0 radical (unpaired) electrons. The number of morpholine rings is 1. The maximum absolute atomic E-state index is 12.5. The molecule has 6 heteroatoms. The average Bonchev–Trinajstić information content (AvgIpc) is 2.73. The lowest BCUT2D eigenvalue weighted by atomic mass is 10.0. The van der Waals surface area contributed by atoms with Crippen molar-refractivity contribution >= 4 is 18.3 Å². The van der Waals surface area contributed by atoms with E-state index in [1.165, 1.54) is 32.1 Å². The fourth-order valence-corrected chi connectivity index (χ4v) is 3.69. The van der Waals surface area contributed by atoms with Gasteiger partial charge in [0.25, 0.3) is 0 Å². The number of rotatable bonds is 13. The Balaban J connectivity index is 0.00000420. The minimum absolute atomic E-state index is 0. The summed E-state index contributed by atoms with van der Waals surface area (Å²) in [5.41, 5.74) is 0.844. The lowest BCUT2D eigenvalue weighted by molar-refractivity contribution is -0.123. The molecule has 0 aliphatic carbocycles. The Kier molecular flexibility index (Phi) is 14.0. The fraction of sp³-hybridized carbons (Fsp3) is 0.696. The normalized spacial score (nSPS) is 16.6. The number of aliphatic hydroxyl groups is 1. The van der Waals surface area contributed by atoms with Gasteiger partial charge in [-0.05, 0) is 12.0 Å². The standard InChI is InChI=1S/C23H38N2O3.ClH/c1-2-3-4-5-6-7-11-14-22(26)24-21(19-25-15-17-28-18-16-25)23(27)20-12-9-8-10-13-20;/h8-10,12-13,21,23,27H,2-7,11,14-19H2,1H3,(H,24,26);1H/t21-,23+;/m0./s1. The number of nitrogens with one attached hydrogen (secondary N) is 1. The molecule has 166 valence electrons. The molecule has 0 saturated carbocycles. The Morgan fingerprint density at radius 1 is 1.07 bits per heavy atom. The van der Waals surface area contributed by atoms with Crippen LogP contribution in [0.5, 0.6) is 0 Å². The maximum Gasteiger partial charge on any atom is 0.220 e. The van der Waals surface area contributed by atoms with Gasteiger partial charge in [0.1, 0.15) is 6.10 Å². The molecule has 1 fully saturated rings. The first-order valence-electron chi connectivity index (χ1n) is 11.0. The summed E-state index contributed by atoms with van der Waals surface area (Å²) in [6.45, 7) is 5.96. The highest BCUT2D eigenvalue weighted by Gasteiger charge is 2.26. The van der Waals surface area contributed by atoms with Crippen LogP contribution < -0.4 is 5.32 Å². The van der Waals surface area contributed by atoms with E-state index in [0.29, 0.717) is 26.2 Å². The van der Waals surface area contributed by atoms with Gasteiger partial charge in [0, 0.05) is 26.1 Å². The number of carbonyl (C=O) groups excluding carboxylic acids is 1. The van der Waals surface area contributed by atoms with E-state index >= 15 is 0 Å². The number of benzene rings is 1. The molecular formula is C23H39ClN2O3. The number of carbonyl (C=O) groups is 1. The van der Waals surface area contributed by atoms with Crippen molar-refractivity contribution in [3.05, 3.63) is 35.9 Å². The molecule has 0 bridgehead atoms. The van der Waals surface area contributed by atoms with Crippen LogP contribution in [-0.2, 0) is 9.53 Å². The SMILES string of the molecule is CCCCCCCCCC(=O)N[C@@H](CN1CCOCC1)[C@H](O)c1ccccc1.Cl. The van der Waals surface area contributed by atoms with Gasteiger partial charge in [-0.25, -0.2) is 0 Å². The Bertz CT molecular complexity index is 538. The maximum atomic E-state index is 12.5. The number of ether oxygens (including phenoxy) is 1. The monoisotopic (exact) mass is 426 g/mol. The van der Waals surface area contributed by atoms with Crippen LogP contribution >= 0.6 is 12.4 Å². The number of unbranched alkanes of at least 4 members (excludes halogenated alkanes) is 6. The molecule has 2 rings (SSSR count). The first-order valence-corrected chi connectivity index (χ1v) is 11.0. The molecule has 1 saturated heterocycles. The lowest BCUT2D eigenvalue weighted by Crippen LogP contribution is -2.49. The zero-order chi connectivity index (χ0) is 20.0. The fourth-order valence-electron chi connectivity index (χ4n) is 3.69. The summed E-state index contributed by atoms with van der Waals surface area (Å²) in [5.74, 6) is 0.0433. The van der Waals surface area contributed by atoms with Gasteiger partial charge in [0.05, 0.1) is 19.3 Å². The summed E-state index contributed by atoms with van der Waals surface area (Å²) in [4.78, 5) is 14.8. The molecular weight excluding hydrogens is 388 g/mol. The van der Waals surface area contributed by atoms with E-state index < -0.39 is 6.10 Å². The summed E-state index contributed by atoms with van der Waals surface area (Å²) in [5, 5.41) is 14.0. The summed E-state index contributed by atoms with van der Waals surface area (Å²) in [7, 11) is 0. The molecule has 2 atom stereocenters. The molecule has 2 N–H and O–H groups in total. The van der Waals surface area contributed by atoms with E-state index in [1.807, 2.05) is 30.3 Å². The average molecular weight is 427 g/mol. The highest BCUT2D eigenvalue weighted by Crippen LogP contribution is 2.18. The van der Waals surface area contributed by atoms with Crippen molar-refractivity contribution in [1.29, 1.82) is 0 Å². The van der Waals surface area contributed by atoms with Gasteiger partial charge in [-0.3, -0.25) is 9.69 Å². The summed E-state index contributed by atoms with van der Waals surface area (Å²) < 4.78 is 5.42. The van der Waals surface area contributed by atoms with Crippen molar-refractivity contribution < 1.29 is 14.6 Å². The third-order valence-corrected chi connectivity index (χ3v) is 5.43. The van der Waals surface area contributed by atoms with Gasteiger partial charge < -0.3 is 15.2 Å². The second-order valence-corrected chi connectivity index (χ2v) is 7.81. The molecule has 0 unspecified atom stereocenters. The summed E-state index contributed by atoms with van der Waals surface area (Å²) in [6, 6.07) is 9.30. The van der Waals surface area contributed by atoms with E-state index in [9.17, 15) is 9.90 Å². The zero-order valence-electron chi connectivity index (χ0n) is 17.9. The molecule has 1 aromatic rings. The van der Waals surface area contributed by atoms with Crippen molar-refractivity contribution in [1.82, 2.24) is 10.2 Å². The Hall–Kier alpha value is -1.14. The second-order valence-electron chi connectivity index (χ2n) is 7.81. The van der Waals surface area contributed by atoms with Crippen LogP contribution in [0.4, 0.5) is 0 Å². The van der Waals surface area contributed by atoms with Gasteiger partial charge >= 0.3 is 0 Å². The number of hydrogen-bond acceptors (Lipinski definition) is 4. The number of nitrogens with zero attached hydrogens (tertiary/aromatic N) is 1. The smallest absolute Gasteiger partial charge is 0.220 e. The minimum Gasteiger partial charge on any atom is -0.386 e. The van der Waals surface area contributed by atoms with Crippen molar-refractivity contribution in [2.75, 3.05) is 32.8 Å². The van der Waals surface area contributed by atoms with Crippen LogP contribution in [0.2, 0.25) is 0 Å². The van der Waals surface area contributed by atoms with Gasteiger partial charge in [-0.15, -0.1) is 12.4 Å². The first kappa shape index (κ1) is 25.9. The lowest BCUT2D eigenvalue weighted by Gasteiger charge is -2.33. The molecule has 1 aliphatic rings. The molecule has 5 nitrogen and oxygen atoms in total. The number of aliphatic hydroxyl groups excluding tert-OH is 1. The van der Waals surface area contributed by atoms with Crippen molar-refractivity contribution in [2.45, 2.75) is 70.4 Å². The largest absolute Gasteiger partial charge is 0.386 e. The van der Waals surface area contributed by atoms with Crippen LogP contribution in [0.1, 0.15) is 70.0 Å². The Morgan fingerprint density at radius 2 is 1.69 bits per heavy atom. The van der Waals surface area contributed by atoms with Crippen LogP contribution in [0.3, 0.4) is 0 Å². The minimum atomic E-state index is -0.706. The predicted molar refractivity (Wildman–Crippen MR) is 120 cm³/mol.